The quantitative estimate of drug-likeness (QED) is 0.707. The van der Waals surface area contributed by atoms with E-state index in [0.29, 0.717) is 6.54 Å². The molecule has 0 atom stereocenters. The summed E-state index contributed by atoms with van der Waals surface area (Å²) in [6, 6.07) is 0. The van der Waals surface area contributed by atoms with Crippen LogP contribution in [-0.2, 0) is 14.1 Å². The summed E-state index contributed by atoms with van der Waals surface area (Å²) in [5, 5.41) is 15.9. The lowest BCUT2D eigenvalue weighted by atomic mass is 10.0. The number of rotatable bonds is 5. The molecule has 0 unspecified atom stereocenters. The summed E-state index contributed by atoms with van der Waals surface area (Å²) >= 11 is 0. The minimum atomic E-state index is -0.443. The van der Waals surface area contributed by atoms with E-state index in [2.05, 4.69) is 10.4 Å². The first-order valence-electron chi connectivity index (χ1n) is 5.98. The monoisotopic (exact) mass is 254 g/mol. The molecule has 1 aromatic rings. The van der Waals surface area contributed by atoms with Crippen LogP contribution >= 0.6 is 0 Å². The number of hydrogen-bond donors (Lipinski definition) is 2. The summed E-state index contributed by atoms with van der Waals surface area (Å²) in [4.78, 5) is 23.3. The van der Waals surface area contributed by atoms with Crippen molar-refractivity contribution in [3.63, 3.8) is 0 Å². The number of aliphatic hydroxyl groups is 1. The smallest absolute Gasteiger partial charge is 0.346 e. The second-order valence-corrected chi connectivity index (χ2v) is 4.95. The van der Waals surface area contributed by atoms with Gasteiger partial charge in [0.1, 0.15) is 0 Å². The van der Waals surface area contributed by atoms with Gasteiger partial charge in [-0.15, -0.1) is 5.10 Å². The fourth-order valence-electron chi connectivity index (χ4n) is 2.01. The summed E-state index contributed by atoms with van der Waals surface area (Å²) < 4.78 is 2.16. The largest absolute Gasteiger partial charge is 0.396 e. The van der Waals surface area contributed by atoms with E-state index in [1.165, 1.54) is 14.1 Å². The molecule has 7 heteroatoms. The fraction of sp³-hybridized carbons (Fsp3) is 0.727. The molecule has 1 heterocycles. The average molecular weight is 254 g/mol. The predicted octanol–water partition coefficient (Wildman–Crippen LogP) is -0.946. The lowest BCUT2D eigenvalue weighted by Gasteiger charge is -2.15. The van der Waals surface area contributed by atoms with E-state index in [0.717, 1.165) is 28.5 Å². The topological polar surface area (TPSA) is 89.2 Å². The van der Waals surface area contributed by atoms with Crippen LogP contribution in [0.25, 0.3) is 0 Å². The summed E-state index contributed by atoms with van der Waals surface area (Å²) in [7, 11) is 2.94. The zero-order valence-corrected chi connectivity index (χ0v) is 10.6. The standard InChI is InChI=1S/C11H18N4O3/c1-14-9(17)8(13-15(2)10(14)18)12-7-11(3-4-11)5-6-16/h16H,3-7H2,1-2H3,(H,12,13). The highest BCUT2D eigenvalue weighted by Crippen LogP contribution is 2.48. The molecule has 2 N–H and O–H groups in total. The highest BCUT2D eigenvalue weighted by atomic mass is 16.3. The van der Waals surface area contributed by atoms with Gasteiger partial charge in [-0.2, -0.15) is 0 Å². The van der Waals surface area contributed by atoms with Crippen LogP contribution < -0.4 is 16.6 Å². The maximum atomic E-state index is 11.8. The van der Waals surface area contributed by atoms with Gasteiger partial charge in [-0.05, 0) is 24.7 Å². The first-order valence-corrected chi connectivity index (χ1v) is 5.98. The summed E-state index contributed by atoms with van der Waals surface area (Å²) in [5.74, 6) is 0.184. The average Bonchev–Trinajstić information content (AvgIpc) is 3.10. The van der Waals surface area contributed by atoms with Crippen LogP contribution in [0.15, 0.2) is 9.59 Å². The molecule has 0 bridgehead atoms. The molecule has 2 rings (SSSR count). The number of aromatic nitrogens is 3. The van der Waals surface area contributed by atoms with E-state index in [4.69, 9.17) is 5.11 Å². The van der Waals surface area contributed by atoms with Crippen LogP contribution in [0.1, 0.15) is 19.3 Å². The van der Waals surface area contributed by atoms with Crippen LogP contribution in [0, 0.1) is 5.41 Å². The molecule has 0 aromatic carbocycles. The van der Waals surface area contributed by atoms with Crippen LogP contribution in [0.4, 0.5) is 5.82 Å². The maximum absolute atomic E-state index is 11.8. The predicted molar refractivity (Wildman–Crippen MR) is 66.6 cm³/mol. The Balaban J connectivity index is 2.16. The molecule has 0 radical (unpaired) electrons. The zero-order valence-electron chi connectivity index (χ0n) is 10.6. The summed E-state index contributed by atoms with van der Waals surface area (Å²) in [6.45, 7) is 0.758. The molecule has 0 spiro atoms. The van der Waals surface area contributed by atoms with E-state index < -0.39 is 11.2 Å². The highest BCUT2D eigenvalue weighted by molar-refractivity contribution is 5.30. The second kappa shape index (κ2) is 4.56. The Morgan fingerprint density at radius 3 is 2.61 bits per heavy atom. The number of nitrogens with one attached hydrogen (secondary N) is 1. The van der Waals surface area contributed by atoms with Crippen LogP contribution in [0.3, 0.4) is 0 Å². The van der Waals surface area contributed by atoms with Gasteiger partial charge in [-0.1, -0.05) is 0 Å². The molecular weight excluding hydrogens is 236 g/mol. The van der Waals surface area contributed by atoms with Crippen molar-refractivity contribution >= 4 is 5.82 Å². The lowest BCUT2D eigenvalue weighted by molar-refractivity contribution is 0.253. The molecule has 0 amide bonds. The van der Waals surface area contributed by atoms with Gasteiger partial charge in [0.05, 0.1) is 0 Å². The molecule has 18 heavy (non-hydrogen) atoms. The van der Waals surface area contributed by atoms with Crippen molar-refractivity contribution in [2.24, 2.45) is 19.5 Å². The molecule has 1 fully saturated rings. The number of aliphatic hydroxyl groups excluding tert-OH is 1. The van der Waals surface area contributed by atoms with Gasteiger partial charge in [0.2, 0.25) is 5.82 Å². The fourth-order valence-corrected chi connectivity index (χ4v) is 2.01. The third-order valence-electron chi connectivity index (χ3n) is 3.55. The Labute approximate surface area is 104 Å². The Kier molecular flexibility index (Phi) is 3.25. The molecule has 0 saturated heterocycles. The molecule has 100 valence electrons. The normalized spacial score (nSPS) is 16.6. The minimum absolute atomic E-state index is 0.0934. The molecule has 1 saturated carbocycles. The molecule has 1 aliphatic carbocycles. The minimum Gasteiger partial charge on any atom is -0.396 e. The van der Waals surface area contributed by atoms with Gasteiger partial charge in [-0.3, -0.25) is 9.36 Å². The van der Waals surface area contributed by atoms with E-state index >= 15 is 0 Å². The van der Waals surface area contributed by atoms with Gasteiger partial charge < -0.3 is 10.4 Å². The van der Waals surface area contributed by atoms with Crippen LogP contribution in [0.5, 0.6) is 0 Å². The van der Waals surface area contributed by atoms with Gasteiger partial charge in [-0.25, -0.2) is 9.48 Å². The summed E-state index contributed by atoms with van der Waals surface area (Å²) in [6.07, 6.45) is 2.82. The van der Waals surface area contributed by atoms with E-state index in [-0.39, 0.29) is 17.8 Å². The van der Waals surface area contributed by atoms with Crippen molar-refractivity contribution in [2.45, 2.75) is 19.3 Å². The molecule has 1 aromatic heterocycles. The molecule has 1 aliphatic rings. The third-order valence-corrected chi connectivity index (χ3v) is 3.55. The van der Waals surface area contributed by atoms with Gasteiger partial charge in [0.25, 0.3) is 5.56 Å². The van der Waals surface area contributed by atoms with Crippen molar-refractivity contribution in [1.82, 2.24) is 14.3 Å². The third kappa shape index (κ3) is 2.31. The van der Waals surface area contributed by atoms with Crippen molar-refractivity contribution in [1.29, 1.82) is 0 Å². The Morgan fingerprint density at radius 2 is 2.06 bits per heavy atom. The molecule has 0 aliphatic heterocycles. The highest BCUT2D eigenvalue weighted by Gasteiger charge is 2.41. The van der Waals surface area contributed by atoms with Crippen molar-refractivity contribution < 1.29 is 5.11 Å². The number of nitrogens with zero attached hydrogens (tertiary/aromatic N) is 3. The lowest BCUT2D eigenvalue weighted by Crippen LogP contribution is -2.40. The van der Waals surface area contributed by atoms with Crippen molar-refractivity contribution in [3.05, 3.63) is 20.8 Å². The van der Waals surface area contributed by atoms with E-state index in [9.17, 15) is 9.59 Å². The summed E-state index contributed by atoms with van der Waals surface area (Å²) in [5.41, 5.74) is -0.768. The van der Waals surface area contributed by atoms with Crippen LogP contribution in [-0.4, -0.2) is 32.6 Å². The van der Waals surface area contributed by atoms with Crippen molar-refractivity contribution in [3.8, 4) is 0 Å². The number of aryl methyl sites for hydroxylation is 1. The first kappa shape index (κ1) is 12.8. The SMILES string of the molecule is Cn1nc(NCC2(CCO)CC2)c(=O)n(C)c1=O. The number of anilines is 1. The van der Waals surface area contributed by atoms with E-state index in [1.54, 1.807) is 0 Å². The van der Waals surface area contributed by atoms with Gasteiger partial charge in [0, 0.05) is 27.2 Å². The number of hydrogen-bond acceptors (Lipinski definition) is 5. The van der Waals surface area contributed by atoms with Gasteiger partial charge >= 0.3 is 5.69 Å². The van der Waals surface area contributed by atoms with E-state index in [1.807, 2.05) is 0 Å². The second-order valence-electron chi connectivity index (χ2n) is 4.95. The first-order chi connectivity index (χ1) is 8.49. The Morgan fingerprint density at radius 1 is 1.39 bits per heavy atom. The van der Waals surface area contributed by atoms with Gasteiger partial charge in [0.15, 0.2) is 0 Å². The molecule has 7 nitrogen and oxygen atoms in total. The Bertz CT molecular complexity index is 556. The molecular formula is C11H18N4O3. The Hall–Kier alpha value is -1.63. The zero-order chi connectivity index (χ0) is 13.3. The maximum Gasteiger partial charge on any atom is 0.346 e. The van der Waals surface area contributed by atoms with Crippen LogP contribution in [0.2, 0.25) is 0 Å². The van der Waals surface area contributed by atoms with Crippen molar-refractivity contribution in [2.75, 3.05) is 18.5 Å².